The van der Waals surface area contributed by atoms with E-state index in [-0.39, 0.29) is 41.9 Å². The molecule has 0 radical (unpaired) electrons. The van der Waals surface area contributed by atoms with Crippen LogP contribution in [0.1, 0.15) is 36.0 Å². The molecule has 2 N–H and O–H groups in total. The van der Waals surface area contributed by atoms with Gasteiger partial charge in [-0.15, -0.1) is 0 Å². The standard InChI is InChI=1S/C32H25ClFN5O4/c1-16-21(29(19-6-3-4-8-23(19)34)22-14-18(33)10-11-24(22)35-16)15-28(41)37-25-9-5-7-20-30(25)36-17(2)39(32(20)43)26-12-13-27(40)38-31(26)42/h3-11,14,26H,12-13,15H2,1-2H3,(H,37,41)(H,38,40,42). The maximum Gasteiger partial charge on any atom is 0.262 e. The fourth-order valence-electron chi connectivity index (χ4n) is 5.67. The van der Waals surface area contributed by atoms with E-state index in [2.05, 4.69) is 20.6 Å². The van der Waals surface area contributed by atoms with Crippen LogP contribution in [0.25, 0.3) is 32.9 Å². The van der Waals surface area contributed by atoms with Crippen molar-refractivity contribution in [3.8, 4) is 11.1 Å². The molecule has 9 nitrogen and oxygen atoms in total. The second-order valence-corrected chi connectivity index (χ2v) is 10.9. The molecule has 3 aromatic carbocycles. The molecule has 6 rings (SSSR count). The molecule has 1 aliphatic heterocycles. The number of fused-ring (bicyclic) bond motifs is 2. The Kier molecular flexibility index (Phi) is 7.23. The zero-order chi connectivity index (χ0) is 30.4. The summed E-state index contributed by atoms with van der Waals surface area (Å²) in [5, 5.41) is 6.40. The van der Waals surface area contributed by atoms with E-state index < -0.39 is 29.2 Å². The molecule has 3 amide bonds. The lowest BCUT2D eigenvalue weighted by molar-refractivity contribution is -0.135. The molecule has 0 saturated carbocycles. The number of piperidine rings is 1. The van der Waals surface area contributed by atoms with Gasteiger partial charge in [0.25, 0.3) is 5.56 Å². The predicted molar refractivity (Wildman–Crippen MR) is 161 cm³/mol. The van der Waals surface area contributed by atoms with Crippen molar-refractivity contribution >= 4 is 56.8 Å². The van der Waals surface area contributed by atoms with E-state index in [1.54, 1.807) is 68.4 Å². The summed E-state index contributed by atoms with van der Waals surface area (Å²) in [6.07, 6.45) is 0.151. The first-order valence-corrected chi connectivity index (χ1v) is 14.0. The van der Waals surface area contributed by atoms with Crippen molar-refractivity contribution < 1.29 is 18.8 Å². The van der Waals surface area contributed by atoms with E-state index in [0.29, 0.717) is 44.0 Å². The number of anilines is 1. The van der Waals surface area contributed by atoms with Crippen LogP contribution in [0.15, 0.2) is 65.5 Å². The Bertz CT molecular complexity index is 2060. The van der Waals surface area contributed by atoms with Crippen molar-refractivity contribution in [1.82, 2.24) is 19.9 Å². The number of pyridine rings is 1. The van der Waals surface area contributed by atoms with Crippen LogP contribution < -0.4 is 16.2 Å². The van der Waals surface area contributed by atoms with Gasteiger partial charge in [0.2, 0.25) is 17.7 Å². The molecule has 0 bridgehead atoms. The van der Waals surface area contributed by atoms with Crippen LogP contribution >= 0.6 is 11.6 Å². The Morgan fingerprint density at radius 2 is 1.84 bits per heavy atom. The topological polar surface area (TPSA) is 123 Å². The van der Waals surface area contributed by atoms with Gasteiger partial charge in [0.1, 0.15) is 23.2 Å². The third-order valence-electron chi connectivity index (χ3n) is 7.64. The summed E-state index contributed by atoms with van der Waals surface area (Å²) in [6.45, 7) is 3.36. The number of amides is 3. The van der Waals surface area contributed by atoms with Crippen molar-refractivity contribution in [2.75, 3.05) is 5.32 Å². The third-order valence-corrected chi connectivity index (χ3v) is 7.87. The minimum atomic E-state index is -0.867. The van der Waals surface area contributed by atoms with Crippen LogP contribution in [0.2, 0.25) is 5.02 Å². The van der Waals surface area contributed by atoms with Gasteiger partial charge in [0, 0.05) is 28.1 Å². The van der Waals surface area contributed by atoms with Crippen LogP contribution in [0.3, 0.4) is 0 Å². The maximum absolute atomic E-state index is 15.1. The number of carbonyl (C=O) groups is 3. The summed E-state index contributed by atoms with van der Waals surface area (Å²) >= 11 is 6.31. The summed E-state index contributed by atoms with van der Waals surface area (Å²) in [4.78, 5) is 60.4. The number of aromatic nitrogens is 3. The van der Waals surface area contributed by atoms with Crippen LogP contribution in [0.5, 0.6) is 0 Å². The average Bonchev–Trinajstić information content (AvgIpc) is 2.96. The van der Waals surface area contributed by atoms with E-state index >= 15 is 4.39 Å². The summed E-state index contributed by atoms with van der Waals surface area (Å²) in [5.41, 5.74) is 2.66. The number of nitrogens with one attached hydrogen (secondary N) is 2. The number of carbonyl (C=O) groups excluding carboxylic acids is 3. The summed E-state index contributed by atoms with van der Waals surface area (Å²) in [6, 6.07) is 15.4. The first kappa shape index (κ1) is 28.2. The quantitative estimate of drug-likeness (QED) is 0.269. The second-order valence-electron chi connectivity index (χ2n) is 10.4. The number of nitrogens with zero attached hydrogens (tertiary/aromatic N) is 3. The molecular weight excluding hydrogens is 573 g/mol. The van der Waals surface area contributed by atoms with E-state index in [1.807, 2.05) is 0 Å². The molecular formula is C32H25ClFN5O4. The minimum absolute atomic E-state index is 0.112. The van der Waals surface area contributed by atoms with Crippen molar-refractivity contribution in [2.45, 2.75) is 39.2 Å². The molecule has 1 aliphatic rings. The summed E-state index contributed by atoms with van der Waals surface area (Å²) in [5.74, 6) is -1.55. The largest absolute Gasteiger partial charge is 0.324 e. The fourth-order valence-corrected chi connectivity index (χ4v) is 5.84. The molecule has 1 fully saturated rings. The molecule has 1 unspecified atom stereocenters. The number of aryl methyl sites for hydroxylation is 2. The van der Waals surface area contributed by atoms with E-state index in [1.165, 1.54) is 10.6 Å². The Labute approximate surface area is 249 Å². The predicted octanol–water partition coefficient (Wildman–Crippen LogP) is 5.18. The number of para-hydroxylation sites is 1. The van der Waals surface area contributed by atoms with Crippen LogP contribution in [-0.4, -0.2) is 32.3 Å². The van der Waals surface area contributed by atoms with Crippen LogP contribution in [-0.2, 0) is 20.8 Å². The molecule has 0 spiro atoms. The highest BCUT2D eigenvalue weighted by Crippen LogP contribution is 2.36. The highest BCUT2D eigenvalue weighted by molar-refractivity contribution is 6.31. The Morgan fingerprint density at radius 3 is 2.60 bits per heavy atom. The van der Waals surface area contributed by atoms with Crippen molar-refractivity contribution in [3.63, 3.8) is 0 Å². The lowest BCUT2D eigenvalue weighted by Crippen LogP contribution is -2.45. The summed E-state index contributed by atoms with van der Waals surface area (Å²) < 4.78 is 16.4. The van der Waals surface area contributed by atoms with Gasteiger partial charge >= 0.3 is 0 Å². The first-order valence-electron chi connectivity index (χ1n) is 13.6. The zero-order valence-electron chi connectivity index (χ0n) is 23.2. The average molecular weight is 598 g/mol. The fraction of sp³-hybridized carbons (Fsp3) is 0.188. The SMILES string of the molecule is Cc1nc2ccc(Cl)cc2c(-c2ccccc2F)c1CC(=O)Nc1cccc2c(=O)n(C3CCC(=O)NC3=O)c(C)nc12. The molecule has 2 aromatic heterocycles. The molecule has 1 saturated heterocycles. The third kappa shape index (κ3) is 5.14. The van der Waals surface area contributed by atoms with Crippen molar-refractivity contribution in [2.24, 2.45) is 0 Å². The van der Waals surface area contributed by atoms with E-state index in [4.69, 9.17) is 11.6 Å². The van der Waals surface area contributed by atoms with Gasteiger partial charge in [-0.25, -0.2) is 9.37 Å². The number of hydrogen-bond acceptors (Lipinski definition) is 6. The van der Waals surface area contributed by atoms with Gasteiger partial charge in [-0.3, -0.25) is 34.0 Å². The highest BCUT2D eigenvalue weighted by atomic mass is 35.5. The minimum Gasteiger partial charge on any atom is -0.324 e. The normalized spacial score (nSPS) is 15.1. The van der Waals surface area contributed by atoms with Gasteiger partial charge in [-0.05, 0) is 67.8 Å². The number of benzene rings is 3. The van der Waals surface area contributed by atoms with Gasteiger partial charge in [0.15, 0.2) is 0 Å². The molecule has 3 heterocycles. The molecule has 5 aromatic rings. The highest BCUT2D eigenvalue weighted by Gasteiger charge is 2.31. The lowest BCUT2D eigenvalue weighted by atomic mass is 9.92. The number of rotatable bonds is 5. The smallest absolute Gasteiger partial charge is 0.262 e. The van der Waals surface area contributed by atoms with Gasteiger partial charge in [0.05, 0.1) is 23.0 Å². The van der Waals surface area contributed by atoms with Crippen LogP contribution in [0, 0.1) is 19.7 Å². The van der Waals surface area contributed by atoms with Gasteiger partial charge < -0.3 is 5.32 Å². The zero-order valence-corrected chi connectivity index (χ0v) is 24.0. The second kappa shape index (κ2) is 11.0. The van der Waals surface area contributed by atoms with Gasteiger partial charge in [-0.1, -0.05) is 35.9 Å². The number of imide groups is 1. The van der Waals surface area contributed by atoms with Crippen LogP contribution in [0.4, 0.5) is 10.1 Å². The van der Waals surface area contributed by atoms with Gasteiger partial charge in [-0.2, -0.15) is 0 Å². The monoisotopic (exact) mass is 597 g/mol. The number of halogens is 2. The summed E-state index contributed by atoms with van der Waals surface area (Å²) in [7, 11) is 0. The lowest BCUT2D eigenvalue weighted by Gasteiger charge is -2.24. The Balaban J connectivity index is 1.39. The van der Waals surface area contributed by atoms with Crippen molar-refractivity contribution in [1.29, 1.82) is 0 Å². The molecule has 1 atom stereocenters. The van der Waals surface area contributed by atoms with Crippen molar-refractivity contribution in [3.05, 3.63) is 98.9 Å². The molecule has 0 aliphatic carbocycles. The first-order chi connectivity index (χ1) is 20.6. The molecule has 43 heavy (non-hydrogen) atoms. The van der Waals surface area contributed by atoms with E-state index in [0.717, 1.165) is 0 Å². The molecule has 11 heteroatoms. The Hall–Kier alpha value is -4.96. The molecule has 216 valence electrons. The Morgan fingerprint density at radius 1 is 1.05 bits per heavy atom. The number of hydrogen-bond donors (Lipinski definition) is 2. The maximum atomic E-state index is 15.1. The van der Waals surface area contributed by atoms with E-state index in [9.17, 15) is 19.2 Å².